The van der Waals surface area contributed by atoms with E-state index in [1.807, 2.05) is 0 Å². The van der Waals surface area contributed by atoms with Crippen LogP contribution < -0.4 is 0 Å². The molecular formula is C31H39F3O2. The third-order valence-corrected chi connectivity index (χ3v) is 7.62. The molecule has 0 bridgehead atoms. The molecule has 2 nitrogen and oxygen atoms in total. The van der Waals surface area contributed by atoms with Crippen molar-refractivity contribution in [3.63, 3.8) is 0 Å². The van der Waals surface area contributed by atoms with Gasteiger partial charge in [-0.15, -0.1) is 0 Å². The summed E-state index contributed by atoms with van der Waals surface area (Å²) in [7, 11) is 0. The van der Waals surface area contributed by atoms with Crippen molar-refractivity contribution in [2.24, 2.45) is 5.92 Å². The van der Waals surface area contributed by atoms with Gasteiger partial charge in [0.15, 0.2) is 5.78 Å². The van der Waals surface area contributed by atoms with E-state index in [0.717, 1.165) is 17.0 Å². The molecule has 0 aromatic heterocycles. The number of Topliss-reactive ketones (excluding diaryl/α,β-unsaturated/α-hetero) is 2. The van der Waals surface area contributed by atoms with Crippen LogP contribution in [0.1, 0.15) is 112 Å². The largest absolute Gasteiger partial charge is 0.450 e. The van der Waals surface area contributed by atoms with Crippen LogP contribution in [0.5, 0.6) is 0 Å². The Hall–Kier alpha value is -2.43. The Kier molecular flexibility index (Phi) is 10.8. The van der Waals surface area contributed by atoms with Gasteiger partial charge in [0.25, 0.3) is 0 Å². The summed E-state index contributed by atoms with van der Waals surface area (Å²) in [5.41, 5.74) is 3.36. The summed E-state index contributed by atoms with van der Waals surface area (Å²) in [6.45, 7) is 2.26. The van der Waals surface area contributed by atoms with Gasteiger partial charge in [-0.1, -0.05) is 107 Å². The molecule has 1 fully saturated rings. The molecule has 1 aliphatic carbocycles. The SMILES string of the molecule is CCCCCCCCCC1CCC(c2ccc(-c3ccc(C(=O)CC(=O)C(F)(F)F)cc3)cc2)CC1. The van der Waals surface area contributed by atoms with Crippen LogP contribution in [0.4, 0.5) is 13.2 Å². The summed E-state index contributed by atoms with van der Waals surface area (Å²) in [4.78, 5) is 23.1. The molecule has 0 aliphatic heterocycles. The molecule has 0 N–H and O–H groups in total. The highest BCUT2D eigenvalue weighted by molar-refractivity contribution is 6.09. The van der Waals surface area contributed by atoms with Crippen LogP contribution in [0.15, 0.2) is 48.5 Å². The summed E-state index contributed by atoms with van der Waals surface area (Å²) in [5, 5.41) is 0. The first-order chi connectivity index (χ1) is 17.3. The van der Waals surface area contributed by atoms with Crippen LogP contribution in [-0.4, -0.2) is 17.7 Å². The molecule has 0 saturated heterocycles. The summed E-state index contributed by atoms with van der Waals surface area (Å²) >= 11 is 0. The minimum absolute atomic E-state index is 0.112. The smallest absolute Gasteiger partial charge is 0.294 e. The Morgan fingerprint density at radius 2 is 1.28 bits per heavy atom. The molecule has 2 aromatic carbocycles. The van der Waals surface area contributed by atoms with Gasteiger partial charge in [0.1, 0.15) is 0 Å². The third-order valence-electron chi connectivity index (χ3n) is 7.62. The molecule has 0 radical (unpaired) electrons. The monoisotopic (exact) mass is 500 g/mol. The first kappa shape index (κ1) is 28.1. The third kappa shape index (κ3) is 8.60. The van der Waals surface area contributed by atoms with E-state index in [9.17, 15) is 22.8 Å². The van der Waals surface area contributed by atoms with E-state index in [2.05, 4.69) is 31.2 Å². The van der Waals surface area contributed by atoms with E-state index in [1.54, 1.807) is 12.1 Å². The highest BCUT2D eigenvalue weighted by Gasteiger charge is 2.39. The lowest BCUT2D eigenvalue weighted by Crippen LogP contribution is -2.25. The van der Waals surface area contributed by atoms with Crippen molar-refractivity contribution in [1.82, 2.24) is 0 Å². The second-order valence-corrected chi connectivity index (χ2v) is 10.3. The Bertz CT molecular complexity index is 953. The standard InChI is InChI=1S/C31H39F3O2/c1-2-3-4-5-6-7-8-9-23-10-12-24(13-11-23)25-14-16-26(17-15-25)27-18-20-28(21-19-27)29(35)22-30(36)31(32,33)34/h14-21,23-24H,2-13,22H2,1H3. The number of carbonyl (C=O) groups excluding carboxylic acids is 2. The molecule has 0 atom stereocenters. The van der Waals surface area contributed by atoms with E-state index in [-0.39, 0.29) is 5.56 Å². The fraction of sp³-hybridized carbons (Fsp3) is 0.548. The quantitative estimate of drug-likeness (QED) is 0.156. The average Bonchev–Trinajstić information content (AvgIpc) is 2.88. The molecule has 0 spiro atoms. The van der Waals surface area contributed by atoms with Crippen molar-refractivity contribution in [3.8, 4) is 11.1 Å². The van der Waals surface area contributed by atoms with E-state index in [0.29, 0.717) is 5.92 Å². The number of unbranched alkanes of at least 4 members (excludes halogenated alkanes) is 6. The lowest BCUT2D eigenvalue weighted by Gasteiger charge is -2.29. The fourth-order valence-electron chi connectivity index (χ4n) is 5.32. The number of halogens is 3. The molecule has 5 heteroatoms. The zero-order chi connectivity index (χ0) is 26.0. The van der Waals surface area contributed by atoms with Gasteiger partial charge in [-0.05, 0) is 54.2 Å². The highest BCUT2D eigenvalue weighted by atomic mass is 19.4. The fourth-order valence-corrected chi connectivity index (χ4v) is 5.32. The average molecular weight is 501 g/mol. The van der Waals surface area contributed by atoms with E-state index in [1.165, 1.54) is 94.7 Å². The van der Waals surface area contributed by atoms with Gasteiger partial charge >= 0.3 is 6.18 Å². The maximum atomic E-state index is 12.4. The van der Waals surface area contributed by atoms with Crippen LogP contribution in [-0.2, 0) is 4.79 Å². The Morgan fingerprint density at radius 1 is 0.750 bits per heavy atom. The molecule has 3 rings (SSSR count). The Labute approximate surface area is 213 Å². The van der Waals surface area contributed by atoms with Crippen LogP contribution in [0.3, 0.4) is 0 Å². The molecule has 2 aromatic rings. The van der Waals surface area contributed by atoms with Crippen molar-refractivity contribution in [3.05, 3.63) is 59.7 Å². The molecule has 0 heterocycles. The normalized spacial score (nSPS) is 18.2. The Balaban J connectivity index is 1.44. The highest BCUT2D eigenvalue weighted by Crippen LogP contribution is 2.38. The molecular weight excluding hydrogens is 461 g/mol. The summed E-state index contributed by atoms with van der Waals surface area (Å²) in [5.74, 6) is -1.35. The maximum absolute atomic E-state index is 12.4. The van der Waals surface area contributed by atoms with Gasteiger partial charge in [-0.25, -0.2) is 0 Å². The van der Waals surface area contributed by atoms with Gasteiger partial charge in [0.05, 0.1) is 6.42 Å². The van der Waals surface area contributed by atoms with Crippen LogP contribution in [0, 0.1) is 5.92 Å². The summed E-state index contributed by atoms with van der Waals surface area (Å²) in [6, 6.07) is 14.9. The van der Waals surface area contributed by atoms with Crippen molar-refractivity contribution in [2.75, 3.05) is 0 Å². The minimum atomic E-state index is -4.98. The zero-order valence-electron chi connectivity index (χ0n) is 21.4. The van der Waals surface area contributed by atoms with Crippen molar-refractivity contribution in [2.45, 2.75) is 102 Å². The van der Waals surface area contributed by atoms with Crippen LogP contribution in [0.2, 0.25) is 0 Å². The van der Waals surface area contributed by atoms with Gasteiger partial charge < -0.3 is 0 Å². The Morgan fingerprint density at radius 3 is 1.83 bits per heavy atom. The van der Waals surface area contributed by atoms with Crippen molar-refractivity contribution in [1.29, 1.82) is 0 Å². The topological polar surface area (TPSA) is 34.1 Å². The summed E-state index contributed by atoms with van der Waals surface area (Å²) in [6.07, 6.45) is 9.96. The number of carbonyl (C=O) groups is 2. The second kappa shape index (κ2) is 13.8. The molecule has 0 amide bonds. The molecule has 196 valence electrons. The minimum Gasteiger partial charge on any atom is -0.294 e. The van der Waals surface area contributed by atoms with Gasteiger partial charge in [0, 0.05) is 5.56 Å². The van der Waals surface area contributed by atoms with Gasteiger partial charge in [0.2, 0.25) is 5.78 Å². The number of ketones is 2. The van der Waals surface area contributed by atoms with Crippen LogP contribution in [0.25, 0.3) is 11.1 Å². The van der Waals surface area contributed by atoms with Gasteiger partial charge in [-0.2, -0.15) is 13.2 Å². The van der Waals surface area contributed by atoms with Gasteiger partial charge in [-0.3, -0.25) is 9.59 Å². The molecule has 1 saturated carbocycles. The van der Waals surface area contributed by atoms with Crippen LogP contribution >= 0.6 is 0 Å². The lowest BCUT2D eigenvalue weighted by molar-refractivity contribution is -0.170. The number of rotatable bonds is 13. The predicted molar refractivity (Wildman–Crippen MR) is 139 cm³/mol. The molecule has 0 unspecified atom stereocenters. The number of benzene rings is 2. The predicted octanol–water partition coefficient (Wildman–Crippen LogP) is 9.47. The molecule has 36 heavy (non-hydrogen) atoms. The second-order valence-electron chi connectivity index (χ2n) is 10.3. The van der Waals surface area contributed by atoms with Crippen molar-refractivity contribution < 1.29 is 22.8 Å². The first-order valence-electron chi connectivity index (χ1n) is 13.6. The number of alkyl halides is 3. The first-order valence-corrected chi connectivity index (χ1v) is 13.6. The number of hydrogen-bond donors (Lipinski definition) is 0. The number of hydrogen-bond acceptors (Lipinski definition) is 2. The van der Waals surface area contributed by atoms with Crippen molar-refractivity contribution >= 4 is 11.6 Å². The maximum Gasteiger partial charge on any atom is 0.450 e. The lowest BCUT2D eigenvalue weighted by atomic mass is 9.77. The van der Waals surface area contributed by atoms with E-state index >= 15 is 0 Å². The van der Waals surface area contributed by atoms with E-state index in [4.69, 9.17) is 0 Å². The zero-order valence-corrected chi connectivity index (χ0v) is 21.4. The molecule has 1 aliphatic rings. The summed E-state index contributed by atoms with van der Waals surface area (Å²) < 4.78 is 37.2. The van der Waals surface area contributed by atoms with E-state index < -0.39 is 24.2 Å².